The van der Waals surface area contributed by atoms with Crippen LogP contribution in [0.2, 0.25) is 0 Å². The first-order valence-electron chi connectivity index (χ1n) is 4.48. The summed E-state index contributed by atoms with van der Waals surface area (Å²) in [6, 6.07) is 6.21. The van der Waals surface area contributed by atoms with Gasteiger partial charge in [0.25, 0.3) is 0 Å². The quantitative estimate of drug-likeness (QED) is 0.772. The zero-order chi connectivity index (χ0) is 12.2. The van der Waals surface area contributed by atoms with Crippen LogP contribution in [0.5, 0.6) is 0 Å². The number of hydrogen-bond donors (Lipinski definition) is 0. The maximum atomic E-state index is 12.3. The number of carbonyl (C=O) groups is 1. The second kappa shape index (κ2) is 6.80. The van der Waals surface area contributed by atoms with Gasteiger partial charge in [-0.2, -0.15) is 18.4 Å². The van der Waals surface area contributed by atoms with Crippen LogP contribution in [0.4, 0.5) is 13.2 Å². The van der Waals surface area contributed by atoms with E-state index < -0.39 is 11.7 Å². The number of nitrogens with zero attached hydrogens (tertiary/aromatic N) is 1. The van der Waals surface area contributed by atoms with Gasteiger partial charge in [0.1, 0.15) is 0 Å². The molecule has 0 atom stereocenters. The second-order valence-corrected chi connectivity index (χ2v) is 3.25. The molecular formula is C11H9F3NNaO. The minimum atomic E-state index is -4.41. The molecule has 6 heteroatoms. The predicted molar refractivity (Wildman–Crippen MR) is 57.5 cm³/mol. The van der Waals surface area contributed by atoms with Gasteiger partial charge in [-0.05, 0) is 11.6 Å². The molecule has 0 aromatic heterocycles. The van der Waals surface area contributed by atoms with Gasteiger partial charge < -0.3 is 0 Å². The molecule has 0 bridgehead atoms. The third-order valence-electron chi connectivity index (χ3n) is 1.93. The van der Waals surface area contributed by atoms with Gasteiger partial charge >= 0.3 is 35.7 Å². The fraction of sp³-hybridized carbons (Fsp3) is 0.273. The van der Waals surface area contributed by atoms with Crippen molar-refractivity contribution in [1.82, 2.24) is 0 Å². The van der Waals surface area contributed by atoms with Crippen LogP contribution < -0.4 is 0 Å². The second-order valence-electron chi connectivity index (χ2n) is 3.25. The van der Waals surface area contributed by atoms with Crippen molar-refractivity contribution in [3.8, 4) is 6.07 Å². The number of ketones is 1. The topological polar surface area (TPSA) is 40.9 Å². The van der Waals surface area contributed by atoms with E-state index in [2.05, 4.69) is 0 Å². The summed E-state index contributed by atoms with van der Waals surface area (Å²) in [5.41, 5.74) is -0.509. The molecule has 0 N–H and O–H groups in total. The van der Waals surface area contributed by atoms with Gasteiger partial charge in [-0.3, -0.25) is 4.79 Å². The predicted octanol–water partition coefficient (Wildman–Crippen LogP) is 2.08. The van der Waals surface area contributed by atoms with E-state index in [4.69, 9.17) is 5.26 Å². The van der Waals surface area contributed by atoms with Gasteiger partial charge in [0.15, 0.2) is 5.78 Å². The van der Waals surface area contributed by atoms with E-state index in [0.717, 1.165) is 12.1 Å². The fourth-order valence-electron chi connectivity index (χ4n) is 1.24. The Morgan fingerprint density at radius 1 is 1.35 bits per heavy atom. The normalized spacial score (nSPS) is 10.2. The number of hydrogen-bond acceptors (Lipinski definition) is 2. The third-order valence-corrected chi connectivity index (χ3v) is 1.93. The first-order chi connectivity index (χ1) is 7.43. The Morgan fingerprint density at radius 3 is 2.53 bits per heavy atom. The van der Waals surface area contributed by atoms with Crippen LogP contribution >= 0.6 is 0 Å². The van der Waals surface area contributed by atoms with Gasteiger partial charge in [0.2, 0.25) is 0 Å². The molecule has 0 heterocycles. The average molecular weight is 251 g/mol. The van der Waals surface area contributed by atoms with Crippen LogP contribution in [0.15, 0.2) is 24.3 Å². The van der Waals surface area contributed by atoms with Crippen molar-refractivity contribution in [3.63, 3.8) is 0 Å². The standard InChI is InChI=1S/C11H8F3NO.Na.H/c12-11(13,14)9-3-1-2-8(6-9)7-10(16)4-5-15;;/h1-3,6H,4,7H2;;. The number of alkyl halides is 3. The molecule has 0 radical (unpaired) electrons. The molecule has 1 rings (SSSR count). The molecular weight excluding hydrogens is 242 g/mol. The molecule has 0 aliphatic rings. The van der Waals surface area contributed by atoms with E-state index in [-0.39, 0.29) is 53.7 Å². The SMILES string of the molecule is N#CCC(=O)Cc1cccc(C(F)(F)F)c1.[NaH]. The molecule has 17 heavy (non-hydrogen) atoms. The summed E-state index contributed by atoms with van der Waals surface area (Å²) in [6.45, 7) is 0. The summed E-state index contributed by atoms with van der Waals surface area (Å²) in [4.78, 5) is 11.1. The van der Waals surface area contributed by atoms with Crippen molar-refractivity contribution in [3.05, 3.63) is 35.4 Å². The van der Waals surface area contributed by atoms with Crippen LogP contribution in [-0.4, -0.2) is 35.3 Å². The van der Waals surface area contributed by atoms with Gasteiger partial charge in [-0.1, -0.05) is 18.2 Å². The van der Waals surface area contributed by atoms with E-state index >= 15 is 0 Å². The Hall–Kier alpha value is -0.830. The number of Topliss-reactive ketones (excluding diaryl/α,β-unsaturated/α-hetero) is 1. The molecule has 0 aliphatic heterocycles. The van der Waals surface area contributed by atoms with E-state index in [1.54, 1.807) is 6.07 Å². The maximum absolute atomic E-state index is 12.3. The zero-order valence-corrected chi connectivity index (χ0v) is 8.21. The van der Waals surface area contributed by atoms with Crippen LogP contribution in [0.3, 0.4) is 0 Å². The first-order valence-corrected chi connectivity index (χ1v) is 4.48. The van der Waals surface area contributed by atoms with Crippen molar-refractivity contribution < 1.29 is 18.0 Å². The monoisotopic (exact) mass is 251 g/mol. The number of benzene rings is 1. The number of nitriles is 1. The van der Waals surface area contributed by atoms with Crippen molar-refractivity contribution in [2.45, 2.75) is 19.0 Å². The number of halogens is 3. The van der Waals surface area contributed by atoms with Crippen molar-refractivity contribution in [1.29, 1.82) is 5.26 Å². The molecule has 86 valence electrons. The third kappa shape index (κ3) is 5.35. The molecule has 0 aliphatic carbocycles. The average Bonchev–Trinajstić information content (AvgIpc) is 2.17. The molecule has 0 fully saturated rings. The molecule has 1 aromatic rings. The Kier molecular flexibility index (Phi) is 6.46. The summed E-state index contributed by atoms with van der Waals surface area (Å²) < 4.78 is 36.9. The van der Waals surface area contributed by atoms with E-state index in [1.165, 1.54) is 12.1 Å². The summed E-state index contributed by atoms with van der Waals surface area (Å²) in [5.74, 6) is -0.387. The Balaban J connectivity index is 0.00000256. The van der Waals surface area contributed by atoms with E-state index in [1.807, 2.05) is 0 Å². The van der Waals surface area contributed by atoms with Crippen molar-refractivity contribution >= 4 is 35.3 Å². The minimum absolute atomic E-state index is 0. The Labute approximate surface area is 119 Å². The van der Waals surface area contributed by atoms with Crippen molar-refractivity contribution in [2.75, 3.05) is 0 Å². The summed E-state index contributed by atoms with van der Waals surface area (Å²) in [5, 5.41) is 8.25. The molecule has 0 saturated carbocycles. The Morgan fingerprint density at radius 2 is 2.00 bits per heavy atom. The van der Waals surface area contributed by atoms with Crippen LogP contribution in [0.25, 0.3) is 0 Å². The van der Waals surface area contributed by atoms with E-state index in [9.17, 15) is 18.0 Å². The van der Waals surface area contributed by atoms with Gasteiger partial charge in [-0.15, -0.1) is 0 Å². The summed E-state index contributed by atoms with van der Waals surface area (Å²) in [7, 11) is 0. The van der Waals surface area contributed by atoms with Gasteiger partial charge in [0.05, 0.1) is 18.1 Å². The zero-order valence-electron chi connectivity index (χ0n) is 8.21. The summed E-state index contributed by atoms with van der Waals surface area (Å²) in [6.07, 6.45) is -4.83. The molecule has 0 unspecified atom stereocenters. The molecule has 0 spiro atoms. The first kappa shape index (κ1) is 16.2. The van der Waals surface area contributed by atoms with Crippen LogP contribution in [0.1, 0.15) is 17.5 Å². The number of carbonyl (C=O) groups excluding carboxylic acids is 1. The van der Waals surface area contributed by atoms with Crippen LogP contribution in [0, 0.1) is 11.3 Å². The van der Waals surface area contributed by atoms with Gasteiger partial charge in [0, 0.05) is 6.42 Å². The van der Waals surface area contributed by atoms with Crippen LogP contribution in [-0.2, 0) is 17.4 Å². The molecule has 1 aromatic carbocycles. The summed E-state index contributed by atoms with van der Waals surface area (Å²) >= 11 is 0. The Bertz CT molecular complexity index is 437. The molecule has 0 saturated heterocycles. The fourth-order valence-corrected chi connectivity index (χ4v) is 1.24. The van der Waals surface area contributed by atoms with Gasteiger partial charge in [-0.25, -0.2) is 0 Å². The molecule has 0 amide bonds. The molecule has 2 nitrogen and oxygen atoms in total. The van der Waals surface area contributed by atoms with E-state index in [0.29, 0.717) is 0 Å². The number of rotatable bonds is 3. The van der Waals surface area contributed by atoms with Crippen molar-refractivity contribution in [2.24, 2.45) is 0 Å².